The molecule has 0 amide bonds. The highest BCUT2D eigenvalue weighted by Gasteiger charge is 2.37. The quantitative estimate of drug-likeness (QED) is 0.497. The molecule has 1 unspecified atom stereocenters. The summed E-state index contributed by atoms with van der Waals surface area (Å²) in [4.78, 5) is 13.8. The van der Waals surface area contributed by atoms with Gasteiger partial charge < -0.3 is 30.3 Å². The Morgan fingerprint density at radius 3 is 2.82 bits per heavy atom. The Labute approximate surface area is 166 Å². The van der Waals surface area contributed by atoms with Gasteiger partial charge in [-0.15, -0.1) is 0 Å². The van der Waals surface area contributed by atoms with Gasteiger partial charge in [-0.3, -0.25) is 0 Å². The minimum Gasteiger partial charge on any atom is -0.534 e. The van der Waals surface area contributed by atoms with Gasteiger partial charge in [0.25, 0.3) is 0 Å². The van der Waals surface area contributed by atoms with Gasteiger partial charge in [-0.2, -0.15) is 0 Å². The summed E-state index contributed by atoms with van der Waals surface area (Å²) in [7, 11) is 0.875. The molecular formula is C20H30BN3O4. The van der Waals surface area contributed by atoms with Crippen LogP contribution in [0.3, 0.4) is 0 Å². The third-order valence-corrected chi connectivity index (χ3v) is 5.66. The first-order valence-electron chi connectivity index (χ1n) is 9.99. The molecule has 2 aliphatic rings. The number of aromatic carboxylic acids is 1. The van der Waals surface area contributed by atoms with Gasteiger partial charge in [-0.1, -0.05) is 18.7 Å². The standard InChI is InChI=1S/C20H30BN3O4/c1-14(12-15-6-9-24(10-7-15)11-8-22-2)23-18-13-16-4-3-5-17(20(25)26)19(16)28-21(18)27/h3-5,15,18,22-23,27H,1,6-13H2,2H3,(H,25,26). The first-order valence-corrected chi connectivity index (χ1v) is 9.99. The molecule has 2 heterocycles. The maximum atomic E-state index is 11.3. The number of allylic oxidation sites excluding steroid dienone is 1. The zero-order chi connectivity index (χ0) is 20.1. The van der Waals surface area contributed by atoms with Crippen molar-refractivity contribution in [3.63, 3.8) is 0 Å². The van der Waals surface area contributed by atoms with Gasteiger partial charge in [-0.25, -0.2) is 4.79 Å². The molecule has 1 aromatic rings. The number of nitrogens with zero attached hydrogens (tertiary/aromatic N) is 1. The van der Waals surface area contributed by atoms with Crippen molar-refractivity contribution in [1.82, 2.24) is 15.5 Å². The summed E-state index contributed by atoms with van der Waals surface area (Å²) < 4.78 is 5.54. The summed E-state index contributed by atoms with van der Waals surface area (Å²) in [5.41, 5.74) is 1.77. The molecule has 4 N–H and O–H groups in total. The van der Waals surface area contributed by atoms with Crippen molar-refractivity contribution >= 4 is 13.1 Å². The number of para-hydroxylation sites is 1. The number of carboxylic acid groups (broad SMARTS) is 1. The molecule has 0 bridgehead atoms. The molecule has 28 heavy (non-hydrogen) atoms. The zero-order valence-corrected chi connectivity index (χ0v) is 16.5. The normalized spacial score (nSPS) is 20.4. The second-order valence-corrected chi connectivity index (χ2v) is 7.76. The van der Waals surface area contributed by atoms with Crippen LogP contribution in [0.4, 0.5) is 0 Å². The Hall–Kier alpha value is -2.03. The Morgan fingerprint density at radius 1 is 1.39 bits per heavy atom. The van der Waals surface area contributed by atoms with Crippen LogP contribution in [-0.4, -0.2) is 67.3 Å². The molecule has 2 aliphatic heterocycles. The number of likely N-dealkylation sites (N-methyl/N-ethyl adjacent to an activating group) is 1. The van der Waals surface area contributed by atoms with Crippen LogP contribution in [0.15, 0.2) is 30.5 Å². The summed E-state index contributed by atoms with van der Waals surface area (Å²) in [5, 5.41) is 26.2. The SMILES string of the molecule is C=C(CC1CCN(CCNC)CC1)NC1Cc2cccc(C(=O)O)c2OB1O. The average Bonchev–Trinajstić information content (AvgIpc) is 2.67. The predicted octanol–water partition coefficient (Wildman–Crippen LogP) is 1.13. The number of hydrogen-bond acceptors (Lipinski definition) is 6. The fraction of sp³-hybridized carbons (Fsp3) is 0.550. The minimum atomic E-state index is -1.10. The van der Waals surface area contributed by atoms with E-state index >= 15 is 0 Å². The highest BCUT2D eigenvalue weighted by molar-refractivity contribution is 6.46. The maximum absolute atomic E-state index is 11.3. The lowest BCUT2D eigenvalue weighted by Gasteiger charge is -2.34. The lowest BCUT2D eigenvalue weighted by molar-refractivity contribution is 0.0694. The molecule has 0 aliphatic carbocycles. The molecule has 0 radical (unpaired) electrons. The highest BCUT2D eigenvalue weighted by Crippen LogP contribution is 2.31. The van der Waals surface area contributed by atoms with E-state index in [1.54, 1.807) is 6.07 Å². The molecular weight excluding hydrogens is 357 g/mol. The molecule has 0 aromatic heterocycles. The van der Waals surface area contributed by atoms with Crippen LogP contribution < -0.4 is 15.3 Å². The van der Waals surface area contributed by atoms with Crippen LogP contribution in [0.5, 0.6) is 5.75 Å². The third-order valence-electron chi connectivity index (χ3n) is 5.66. The van der Waals surface area contributed by atoms with Crippen LogP contribution in [0.1, 0.15) is 35.2 Å². The van der Waals surface area contributed by atoms with Gasteiger partial charge >= 0.3 is 13.1 Å². The summed E-state index contributed by atoms with van der Waals surface area (Å²) >= 11 is 0. The summed E-state index contributed by atoms with van der Waals surface area (Å²) in [6, 6.07) is 5.03. The van der Waals surface area contributed by atoms with Gasteiger partial charge in [-0.05, 0) is 63.4 Å². The Kier molecular flexibility index (Phi) is 6.99. The monoisotopic (exact) mass is 387 g/mol. The van der Waals surface area contributed by atoms with Crippen molar-refractivity contribution in [2.75, 3.05) is 33.2 Å². The number of carbonyl (C=O) groups is 1. The van der Waals surface area contributed by atoms with E-state index in [4.69, 9.17) is 4.65 Å². The molecule has 0 saturated carbocycles. The van der Waals surface area contributed by atoms with E-state index < -0.39 is 13.1 Å². The fourth-order valence-electron chi connectivity index (χ4n) is 4.07. The number of piperidine rings is 1. The van der Waals surface area contributed by atoms with Crippen molar-refractivity contribution < 1.29 is 19.6 Å². The first-order chi connectivity index (χ1) is 13.5. The number of fused-ring (bicyclic) bond motifs is 1. The van der Waals surface area contributed by atoms with Gasteiger partial charge in [0.2, 0.25) is 0 Å². The van der Waals surface area contributed by atoms with Crippen LogP contribution in [0.2, 0.25) is 0 Å². The van der Waals surface area contributed by atoms with Crippen LogP contribution >= 0.6 is 0 Å². The Balaban J connectivity index is 1.51. The lowest BCUT2D eigenvalue weighted by atomic mass is 9.72. The van der Waals surface area contributed by atoms with Crippen LogP contribution in [0.25, 0.3) is 0 Å². The molecule has 1 saturated heterocycles. The minimum absolute atomic E-state index is 0.0823. The van der Waals surface area contributed by atoms with E-state index in [1.807, 2.05) is 13.1 Å². The van der Waals surface area contributed by atoms with E-state index in [2.05, 4.69) is 22.1 Å². The van der Waals surface area contributed by atoms with E-state index in [-0.39, 0.29) is 17.3 Å². The maximum Gasteiger partial charge on any atom is 0.546 e. The third kappa shape index (κ3) is 5.07. The fourth-order valence-corrected chi connectivity index (χ4v) is 4.07. The summed E-state index contributed by atoms with van der Waals surface area (Å²) in [6.07, 6.45) is 3.68. The van der Waals surface area contributed by atoms with E-state index in [0.29, 0.717) is 12.3 Å². The van der Waals surface area contributed by atoms with Crippen molar-refractivity contribution in [1.29, 1.82) is 0 Å². The smallest absolute Gasteiger partial charge is 0.534 e. The molecule has 8 heteroatoms. The van der Waals surface area contributed by atoms with Gasteiger partial charge in [0, 0.05) is 18.8 Å². The van der Waals surface area contributed by atoms with Gasteiger partial charge in [0.05, 0.1) is 11.5 Å². The Morgan fingerprint density at radius 2 is 2.14 bits per heavy atom. The van der Waals surface area contributed by atoms with Gasteiger partial charge in [0.15, 0.2) is 0 Å². The molecule has 7 nitrogen and oxygen atoms in total. The van der Waals surface area contributed by atoms with Gasteiger partial charge in [0.1, 0.15) is 5.75 Å². The number of likely N-dealkylation sites (tertiary alicyclic amines) is 1. The molecule has 1 atom stereocenters. The number of benzene rings is 1. The first kappa shape index (κ1) is 20.7. The number of rotatable bonds is 8. The summed E-state index contributed by atoms with van der Waals surface area (Å²) in [5.74, 6) is -0.529. The predicted molar refractivity (Wildman–Crippen MR) is 109 cm³/mol. The molecule has 1 fully saturated rings. The molecule has 3 rings (SSSR count). The zero-order valence-electron chi connectivity index (χ0n) is 16.5. The number of hydrogen-bond donors (Lipinski definition) is 4. The van der Waals surface area contributed by atoms with Crippen molar-refractivity contribution in [2.45, 2.75) is 31.6 Å². The van der Waals surface area contributed by atoms with Crippen molar-refractivity contribution in [2.24, 2.45) is 5.92 Å². The van der Waals surface area contributed by atoms with Crippen molar-refractivity contribution in [3.8, 4) is 5.75 Å². The molecule has 0 spiro atoms. The number of carboxylic acids is 1. The largest absolute Gasteiger partial charge is 0.546 e. The second kappa shape index (κ2) is 9.45. The number of nitrogens with one attached hydrogen (secondary N) is 2. The van der Waals surface area contributed by atoms with Crippen molar-refractivity contribution in [3.05, 3.63) is 41.6 Å². The van der Waals surface area contributed by atoms with E-state index in [0.717, 1.165) is 56.7 Å². The lowest BCUT2D eigenvalue weighted by Crippen LogP contribution is -2.51. The van der Waals surface area contributed by atoms with E-state index in [1.165, 1.54) is 6.07 Å². The van der Waals surface area contributed by atoms with Crippen LogP contribution in [-0.2, 0) is 6.42 Å². The Bertz CT molecular complexity index is 707. The molecule has 152 valence electrons. The molecule has 1 aromatic carbocycles. The van der Waals surface area contributed by atoms with Crippen LogP contribution in [0, 0.1) is 5.92 Å². The summed E-state index contributed by atoms with van der Waals surface area (Å²) in [6.45, 7) is 8.48. The average molecular weight is 387 g/mol. The highest BCUT2D eigenvalue weighted by atomic mass is 16.5. The topological polar surface area (TPSA) is 94.1 Å². The van der Waals surface area contributed by atoms with E-state index in [9.17, 15) is 14.9 Å². The second-order valence-electron chi connectivity index (χ2n) is 7.76.